The van der Waals surface area contributed by atoms with Crippen molar-refractivity contribution in [2.24, 2.45) is 5.92 Å². The van der Waals surface area contributed by atoms with Crippen LogP contribution in [0.15, 0.2) is 42.5 Å². The second-order valence-corrected chi connectivity index (χ2v) is 7.21. The molecule has 0 atom stereocenters. The predicted molar refractivity (Wildman–Crippen MR) is 108 cm³/mol. The van der Waals surface area contributed by atoms with Crippen LogP contribution < -0.4 is 10.6 Å². The van der Waals surface area contributed by atoms with Crippen LogP contribution in [-0.4, -0.2) is 36.2 Å². The molecule has 1 heterocycles. The maximum absolute atomic E-state index is 13.6. The van der Waals surface area contributed by atoms with E-state index >= 15 is 0 Å². The molecule has 0 aliphatic carbocycles. The molecular formula is C22H24FN3O3. The number of rotatable bonds is 6. The number of anilines is 1. The number of hydrogen-bond donors (Lipinski definition) is 2. The molecule has 0 bridgehead atoms. The van der Waals surface area contributed by atoms with E-state index in [4.69, 9.17) is 0 Å². The van der Waals surface area contributed by atoms with Crippen molar-refractivity contribution in [2.45, 2.75) is 26.3 Å². The summed E-state index contributed by atoms with van der Waals surface area (Å²) >= 11 is 0. The van der Waals surface area contributed by atoms with Gasteiger partial charge in [-0.15, -0.1) is 0 Å². The van der Waals surface area contributed by atoms with Crippen molar-refractivity contribution in [3.8, 4) is 0 Å². The van der Waals surface area contributed by atoms with Crippen LogP contribution in [0.2, 0.25) is 0 Å². The van der Waals surface area contributed by atoms with Crippen molar-refractivity contribution in [2.75, 3.05) is 18.4 Å². The number of nitrogens with one attached hydrogen (secondary N) is 2. The zero-order valence-electron chi connectivity index (χ0n) is 16.3. The molecule has 2 N–H and O–H groups in total. The van der Waals surface area contributed by atoms with Gasteiger partial charge in [0.25, 0.3) is 5.91 Å². The quantitative estimate of drug-likeness (QED) is 0.736. The monoisotopic (exact) mass is 397 g/mol. The molecule has 1 fully saturated rings. The minimum absolute atomic E-state index is 0.0672. The fraction of sp³-hybridized carbons (Fsp3) is 0.318. The molecule has 1 saturated heterocycles. The lowest BCUT2D eigenvalue weighted by molar-refractivity contribution is -0.126. The van der Waals surface area contributed by atoms with Crippen LogP contribution in [-0.2, 0) is 16.1 Å². The number of halogens is 1. The predicted octanol–water partition coefficient (Wildman–Crippen LogP) is 2.87. The van der Waals surface area contributed by atoms with Crippen molar-refractivity contribution < 1.29 is 18.8 Å². The first-order valence-corrected chi connectivity index (χ1v) is 9.60. The summed E-state index contributed by atoms with van der Waals surface area (Å²) in [6, 6.07) is 11.6. The highest BCUT2D eigenvalue weighted by atomic mass is 19.1. The normalized spacial score (nSPS) is 14.3. The van der Waals surface area contributed by atoms with Gasteiger partial charge in [0.2, 0.25) is 12.3 Å². The average Bonchev–Trinajstić information content (AvgIpc) is 2.75. The largest absolute Gasteiger partial charge is 0.352 e. The number of carbonyl (C=O) groups is 3. The van der Waals surface area contributed by atoms with E-state index in [1.54, 1.807) is 48.2 Å². The first-order chi connectivity index (χ1) is 14.0. The highest BCUT2D eigenvalue weighted by Gasteiger charge is 2.27. The molecule has 0 radical (unpaired) electrons. The number of carbonyl (C=O) groups excluding carboxylic acids is 3. The standard InChI is InChI=1S/C22H24FN3O3/c1-15-2-3-16(12-20(15)23)13-24-21(28)17-8-10-26(11-9-17)22(29)18-4-6-19(7-5-18)25-14-27/h2-7,12,14,17H,8-11,13H2,1H3,(H,24,28)(H,25,27). The van der Waals surface area contributed by atoms with Gasteiger partial charge in [0, 0.05) is 36.8 Å². The summed E-state index contributed by atoms with van der Waals surface area (Å²) in [7, 11) is 0. The van der Waals surface area contributed by atoms with Gasteiger partial charge >= 0.3 is 0 Å². The molecule has 0 unspecified atom stereocenters. The second kappa shape index (κ2) is 9.32. The summed E-state index contributed by atoms with van der Waals surface area (Å²) in [5, 5.41) is 5.40. The van der Waals surface area contributed by atoms with Crippen molar-refractivity contribution in [1.82, 2.24) is 10.2 Å². The molecule has 1 aliphatic heterocycles. The molecule has 7 heteroatoms. The maximum atomic E-state index is 13.6. The van der Waals surface area contributed by atoms with Gasteiger partial charge < -0.3 is 15.5 Å². The summed E-state index contributed by atoms with van der Waals surface area (Å²) < 4.78 is 13.6. The number of benzene rings is 2. The fourth-order valence-corrected chi connectivity index (χ4v) is 3.38. The Kier molecular flexibility index (Phi) is 6.59. The molecule has 3 amide bonds. The Labute approximate surface area is 169 Å². The van der Waals surface area contributed by atoms with E-state index in [2.05, 4.69) is 10.6 Å². The number of likely N-dealkylation sites (tertiary alicyclic amines) is 1. The van der Waals surface area contributed by atoms with Crippen molar-refractivity contribution in [3.63, 3.8) is 0 Å². The summed E-state index contributed by atoms with van der Waals surface area (Å²) in [6.07, 6.45) is 1.76. The Hall–Kier alpha value is -3.22. The minimum Gasteiger partial charge on any atom is -0.352 e. The highest BCUT2D eigenvalue weighted by Crippen LogP contribution is 2.20. The fourth-order valence-electron chi connectivity index (χ4n) is 3.38. The maximum Gasteiger partial charge on any atom is 0.253 e. The molecule has 2 aromatic rings. The lowest BCUT2D eigenvalue weighted by Crippen LogP contribution is -2.42. The lowest BCUT2D eigenvalue weighted by Gasteiger charge is -2.31. The summed E-state index contributed by atoms with van der Waals surface area (Å²) in [6.45, 7) is 2.99. The van der Waals surface area contributed by atoms with Gasteiger partial charge in [-0.2, -0.15) is 0 Å². The number of piperidine rings is 1. The zero-order chi connectivity index (χ0) is 20.8. The molecule has 0 saturated carbocycles. The van der Waals surface area contributed by atoms with Crippen LogP contribution in [0, 0.1) is 18.7 Å². The van der Waals surface area contributed by atoms with Crippen molar-refractivity contribution in [3.05, 3.63) is 65.0 Å². The smallest absolute Gasteiger partial charge is 0.253 e. The van der Waals surface area contributed by atoms with Crippen molar-refractivity contribution >= 4 is 23.9 Å². The topological polar surface area (TPSA) is 78.5 Å². The Morgan fingerprint density at radius 1 is 1.14 bits per heavy atom. The van der Waals surface area contributed by atoms with Crippen LogP contribution in [0.1, 0.15) is 34.3 Å². The summed E-state index contributed by atoms with van der Waals surface area (Å²) in [5.41, 5.74) is 2.47. The third kappa shape index (κ3) is 5.19. The molecule has 29 heavy (non-hydrogen) atoms. The van der Waals surface area contributed by atoms with Gasteiger partial charge in [-0.05, 0) is 61.2 Å². The highest BCUT2D eigenvalue weighted by molar-refractivity contribution is 5.95. The van der Waals surface area contributed by atoms with Gasteiger partial charge in [-0.25, -0.2) is 4.39 Å². The van der Waals surface area contributed by atoms with E-state index in [1.807, 2.05) is 0 Å². The zero-order valence-corrected chi connectivity index (χ0v) is 16.3. The van der Waals surface area contributed by atoms with E-state index in [0.717, 1.165) is 5.56 Å². The number of aryl methyl sites for hydroxylation is 1. The van der Waals surface area contributed by atoms with Gasteiger partial charge in [-0.3, -0.25) is 14.4 Å². The van der Waals surface area contributed by atoms with E-state index < -0.39 is 0 Å². The molecule has 6 nitrogen and oxygen atoms in total. The molecule has 152 valence electrons. The third-order valence-corrected chi connectivity index (χ3v) is 5.21. The summed E-state index contributed by atoms with van der Waals surface area (Å²) in [5.74, 6) is -0.592. The van der Waals surface area contributed by atoms with Gasteiger partial charge in [0.05, 0.1) is 0 Å². The van der Waals surface area contributed by atoms with E-state index in [-0.39, 0.29) is 30.1 Å². The molecule has 1 aliphatic rings. The first kappa shape index (κ1) is 20.5. The van der Waals surface area contributed by atoms with E-state index in [1.165, 1.54) is 6.07 Å². The van der Waals surface area contributed by atoms with Crippen LogP contribution in [0.25, 0.3) is 0 Å². The summed E-state index contributed by atoms with van der Waals surface area (Å²) in [4.78, 5) is 37.2. The van der Waals surface area contributed by atoms with Gasteiger partial charge in [0.15, 0.2) is 0 Å². The van der Waals surface area contributed by atoms with Crippen LogP contribution in [0.4, 0.5) is 10.1 Å². The van der Waals surface area contributed by atoms with Crippen LogP contribution in [0.3, 0.4) is 0 Å². The molecular weight excluding hydrogens is 373 g/mol. The molecule has 0 aromatic heterocycles. The Morgan fingerprint density at radius 2 is 1.83 bits per heavy atom. The Bertz CT molecular complexity index is 891. The molecule has 0 spiro atoms. The van der Waals surface area contributed by atoms with E-state index in [9.17, 15) is 18.8 Å². The second-order valence-electron chi connectivity index (χ2n) is 7.21. The minimum atomic E-state index is -0.279. The lowest BCUT2D eigenvalue weighted by atomic mass is 9.95. The Morgan fingerprint density at radius 3 is 2.45 bits per heavy atom. The molecule has 2 aromatic carbocycles. The SMILES string of the molecule is Cc1ccc(CNC(=O)C2CCN(C(=O)c3ccc(NC=O)cc3)CC2)cc1F. The number of nitrogens with zero attached hydrogens (tertiary/aromatic N) is 1. The van der Waals surface area contributed by atoms with Gasteiger partial charge in [0.1, 0.15) is 5.82 Å². The average molecular weight is 397 g/mol. The van der Waals surface area contributed by atoms with Crippen LogP contribution in [0.5, 0.6) is 0 Å². The van der Waals surface area contributed by atoms with Crippen molar-refractivity contribution in [1.29, 1.82) is 0 Å². The first-order valence-electron chi connectivity index (χ1n) is 9.60. The number of hydrogen-bond acceptors (Lipinski definition) is 3. The Balaban J connectivity index is 1.48. The molecule has 3 rings (SSSR count). The third-order valence-electron chi connectivity index (χ3n) is 5.21. The van der Waals surface area contributed by atoms with E-state index in [0.29, 0.717) is 49.2 Å². The van der Waals surface area contributed by atoms with Crippen LogP contribution >= 0.6 is 0 Å². The van der Waals surface area contributed by atoms with Gasteiger partial charge in [-0.1, -0.05) is 12.1 Å². The number of amides is 3.